The zero-order valence-electron chi connectivity index (χ0n) is 12.4. The van der Waals surface area contributed by atoms with Crippen LogP contribution in [0, 0.1) is 17.5 Å². The maximum absolute atomic E-state index is 14.1. The molecule has 1 aromatic heterocycles. The van der Waals surface area contributed by atoms with Crippen LogP contribution in [-0.4, -0.2) is 9.55 Å². The van der Waals surface area contributed by atoms with Crippen molar-refractivity contribution >= 4 is 22.5 Å². The first-order chi connectivity index (χ1) is 11.3. The van der Waals surface area contributed by atoms with Gasteiger partial charge in [0.15, 0.2) is 0 Å². The average molecular weight is 354 g/mol. The molecule has 2 aromatic carbocycles. The molecule has 1 heterocycles. The van der Waals surface area contributed by atoms with Crippen molar-refractivity contribution in [1.29, 1.82) is 0 Å². The summed E-state index contributed by atoms with van der Waals surface area (Å²) in [5.74, 6) is -2.61. The van der Waals surface area contributed by atoms with Crippen LogP contribution in [0.1, 0.15) is 18.8 Å². The molecule has 0 saturated heterocycles. The number of benzene rings is 2. The van der Waals surface area contributed by atoms with Crippen LogP contribution >= 0.6 is 11.6 Å². The Balaban J connectivity index is 2.51. The number of nitrogens with zero attached hydrogens (tertiary/aromatic N) is 2. The van der Waals surface area contributed by atoms with Gasteiger partial charge < -0.3 is 5.73 Å². The quantitative estimate of drug-likeness (QED) is 0.767. The molecule has 0 aliphatic carbocycles. The van der Waals surface area contributed by atoms with E-state index in [1.807, 2.05) is 0 Å². The molecular formula is C16H11ClF3N3O. The minimum absolute atomic E-state index is 0.00463. The molecule has 0 unspecified atom stereocenters. The summed E-state index contributed by atoms with van der Waals surface area (Å²) in [6, 6.07) is 4.05. The van der Waals surface area contributed by atoms with Crippen LogP contribution in [0.25, 0.3) is 16.6 Å². The van der Waals surface area contributed by atoms with Gasteiger partial charge in [-0.3, -0.25) is 9.36 Å². The molecule has 0 amide bonds. The van der Waals surface area contributed by atoms with E-state index in [9.17, 15) is 18.0 Å². The molecular weight excluding hydrogens is 343 g/mol. The number of hydrogen-bond donors (Lipinski definition) is 1. The summed E-state index contributed by atoms with van der Waals surface area (Å²) in [6.07, 6.45) is 0. The molecule has 4 nitrogen and oxygen atoms in total. The van der Waals surface area contributed by atoms with Crippen molar-refractivity contribution in [3.05, 3.63) is 69.0 Å². The zero-order valence-corrected chi connectivity index (χ0v) is 13.1. The molecule has 3 aromatic rings. The molecule has 0 saturated carbocycles. The molecule has 2 N–H and O–H groups in total. The lowest BCUT2D eigenvalue weighted by Crippen LogP contribution is -2.28. The fourth-order valence-electron chi connectivity index (χ4n) is 2.46. The molecule has 124 valence electrons. The molecule has 0 aliphatic heterocycles. The second kappa shape index (κ2) is 5.92. The lowest BCUT2D eigenvalue weighted by Gasteiger charge is -2.16. The van der Waals surface area contributed by atoms with Crippen LogP contribution in [0.3, 0.4) is 0 Å². The third kappa shape index (κ3) is 2.65. The summed E-state index contributed by atoms with van der Waals surface area (Å²) in [5.41, 5.74) is 4.79. The van der Waals surface area contributed by atoms with Gasteiger partial charge in [0.25, 0.3) is 5.56 Å². The van der Waals surface area contributed by atoms with Gasteiger partial charge >= 0.3 is 0 Å². The van der Waals surface area contributed by atoms with Crippen molar-refractivity contribution in [2.24, 2.45) is 5.73 Å². The summed E-state index contributed by atoms with van der Waals surface area (Å²) < 4.78 is 42.1. The van der Waals surface area contributed by atoms with Gasteiger partial charge in [-0.05, 0) is 31.2 Å². The Hall–Kier alpha value is -2.38. The predicted octanol–water partition coefficient (Wildman–Crippen LogP) is 3.48. The third-order valence-electron chi connectivity index (χ3n) is 3.46. The van der Waals surface area contributed by atoms with Gasteiger partial charge in [-0.1, -0.05) is 11.6 Å². The molecule has 8 heteroatoms. The molecule has 1 atom stereocenters. The summed E-state index contributed by atoms with van der Waals surface area (Å²) in [7, 11) is 0. The maximum Gasteiger partial charge on any atom is 0.269 e. The van der Waals surface area contributed by atoms with Crippen molar-refractivity contribution in [3.8, 4) is 5.69 Å². The highest BCUT2D eigenvalue weighted by atomic mass is 35.5. The summed E-state index contributed by atoms with van der Waals surface area (Å²) in [6.45, 7) is 1.53. The van der Waals surface area contributed by atoms with Crippen molar-refractivity contribution < 1.29 is 13.2 Å². The summed E-state index contributed by atoms with van der Waals surface area (Å²) in [4.78, 5) is 16.9. The van der Waals surface area contributed by atoms with Gasteiger partial charge in [-0.15, -0.1) is 0 Å². The fraction of sp³-hybridized carbons (Fsp3) is 0.125. The minimum Gasteiger partial charge on any atom is -0.322 e. The first-order valence-electron chi connectivity index (χ1n) is 6.92. The molecule has 0 fully saturated rings. The highest BCUT2D eigenvalue weighted by Gasteiger charge is 2.20. The van der Waals surface area contributed by atoms with Gasteiger partial charge in [0, 0.05) is 6.07 Å². The van der Waals surface area contributed by atoms with E-state index >= 15 is 0 Å². The van der Waals surface area contributed by atoms with E-state index in [-0.39, 0.29) is 27.4 Å². The molecule has 0 radical (unpaired) electrons. The Labute approximate surface area is 139 Å². The molecule has 3 rings (SSSR count). The second-order valence-electron chi connectivity index (χ2n) is 5.28. The Kier molecular flexibility index (Phi) is 4.06. The Morgan fingerprint density at radius 1 is 1.17 bits per heavy atom. The monoisotopic (exact) mass is 353 g/mol. The largest absolute Gasteiger partial charge is 0.322 e. The SMILES string of the molecule is C[C@H](N)c1nc2c(Cl)ccc(F)c2c(=O)n1-c1cc(F)cc(F)c1. The van der Waals surface area contributed by atoms with Gasteiger partial charge in [0.1, 0.15) is 28.7 Å². The van der Waals surface area contributed by atoms with Crippen LogP contribution in [0.5, 0.6) is 0 Å². The van der Waals surface area contributed by atoms with Crippen LogP contribution in [0.15, 0.2) is 35.1 Å². The van der Waals surface area contributed by atoms with E-state index in [1.165, 1.54) is 13.0 Å². The van der Waals surface area contributed by atoms with Gasteiger partial charge in [0.05, 0.1) is 22.3 Å². The Morgan fingerprint density at radius 2 is 1.79 bits per heavy atom. The number of halogens is 4. The molecule has 0 spiro atoms. The normalized spacial score (nSPS) is 12.6. The van der Waals surface area contributed by atoms with Crippen LogP contribution in [0.4, 0.5) is 13.2 Å². The van der Waals surface area contributed by atoms with Crippen molar-refractivity contribution in [1.82, 2.24) is 9.55 Å². The Morgan fingerprint density at radius 3 is 2.38 bits per heavy atom. The van der Waals surface area contributed by atoms with Crippen molar-refractivity contribution in [2.75, 3.05) is 0 Å². The number of fused-ring (bicyclic) bond motifs is 1. The average Bonchev–Trinajstić information content (AvgIpc) is 2.49. The van der Waals surface area contributed by atoms with E-state index in [1.54, 1.807) is 0 Å². The number of hydrogen-bond acceptors (Lipinski definition) is 3. The smallest absolute Gasteiger partial charge is 0.269 e. The van der Waals surface area contributed by atoms with Gasteiger partial charge in [0.2, 0.25) is 0 Å². The summed E-state index contributed by atoms with van der Waals surface area (Å²) in [5, 5.41) is -0.306. The third-order valence-corrected chi connectivity index (χ3v) is 3.77. The molecule has 0 bridgehead atoms. The van der Waals surface area contributed by atoms with Gasteiger partial charge in [-0.25, -0.2) is 18.2 Å². The topological polar surface area (TPSA) is 60.9 Å². The van der Waals surface area contributed by atoms with Crippen LogP contribution in [0.2, 0.25) is 5.02 Å². The summed E-state index contributed by atoms with van der Waals surface area (Å²) >= 11 is 5.99. The van der Waals surface area contributed by atoms with E-state index in [0.29, 0.717) is 6.07 Å². The van der Waals surface area contributed by atoms with Gasteiger partial charge in [-0.2, -0.15) is 0 Å². The predicted molar refractivity (Wildman–Crippen MR) is 84.8 cm³/mol. The van der Waals surface area contributed by atoms with E-state index < -0.39 is 29.1 Å². The highest BCUT2D eigenvalue weighted by Crippen LogP contribution is 2.25. The zero-order chi connectivity index (χ0) is 17.6. The first-order valence-corrected chi connectivity index (χ1v) is 7.30. The van der Waals surface area contributed by atoms with E-state index in [2.05, 4.69) is 4.98 Å². The van der Waals surface area contributed by atoms with Crippen LogP contribution < -0.4 is 11.3 Å². The van der Waals surface area contributed by atoms with Crippen LogP contribution in [-0.2, 0) is 0 Å². The number of aromatic nitrogens is 2. The lowest BCUT2D eigenvalue weighted by molar-refractivity contribution is 0.579. The Bertz CT molecular complexity index is 997. The number of rotatable bonds is 2. The second-order valence-corrected chi connectivity index (χ2v) is 5.69. The minimum atomic E-state index is -0.890. The number of nitrogens with two attached hydrogens (primary N) is 1. The highest BCUT2D eigenvalue weighted by molar-refractivity contribution is 6.35. The molecule has 0 aliphatic rings. The van der Waals surface area contributed by atoms with E-state index in [0.717, 1.165) is 22.8 Å². The molecule has 24 heavy (non-hydrogen) atoms. The standard InChI is InChI=1S/C16H11ClF3N3O/c1-7(21)15-22-14-11(17)2-3-12(20)13(14)16(24)23(15)10-5-8(18)4-9(19)6-10/h2-7H,21H2,1H3/t7-/m0/s1. The van der Waals surface area contributed by atoms with E-state index in [4.69, 9.17) is 17.3 Å². The maximum atomic E-state index is 14.1. The van der Waals surface area contributed by atoms with Crippen molar-refractivity contribution in [3.63, 3.8) is 0 Å². The van der Waals surface area contributed by atoms with Crippen molar-refractivity contribution in [2.45, 2.75) is 13.0 Å². The lowest BCUT2D eigenvalue weighted by atomic mass is 10.2. The fourth-order valence-corrected chi connectivity index (χ4v) is 2.66. The first kappa shape index (κ1) is 16.5.